The van der Waals surface area contributed by atoms with Gasteiger partial charge in [-0.15, -0.1) is 0 Å². The van der Waals surface area contributed by atoms with Crippen LogP contribution in [0.1, 0.15) is 44.7 Å². The fourth-order valence-electron chi connectivity index (χ4n) is 2.30. The number of benzene rings is 1. The summed E-state index contributed by atoms with van der Waals surface area (Å²) in [5.74, 6) is 0.938. The number of hydrogen-bond donors (Lipinski definition) is 2. The molecule has 0 spiro atoms. The number of aliphatic hydroxyl groups excluding tert-OH is 1. The van der Waals surface area contributed by atoms with Gasteiger partial charge in [0.15, 0.2) is 0 Å². The molecule has 1 unspecified atom stereocenters. The highest BCUT2D eigenvalue weighted by Crippen LogP contribution is 2.32. The lowest BCUT2D eigenvalue weighted by atomic mass is 9.86. The van der Waals surface area contributed by atoms with Crippen LogP contribution >= 0.6 is 0 Å². The highest BCUT2D eigenvalue weighted by molar-refractivity contribution is 5.41. The van der Waals surface area contributed by atoms with Crippen molar-refractivity contribution in [1.82, 2.24) is 5.32 Å². The van der Waals surface area contributed by atoms with Crippen LogP contribution < -0.4 is 10.1 Å². The predicted octanol–water partition coefficient (Wildman–Crippen LogP) is 2.78. The lowest BCUT2D eigenvalue weighted by Gasteiger charge is -2.25. The SMILES string of the molecule is Cc1ccc(C(C)(C)C)c(OCC(CO)NC2CC2)c1. The minimum absolute atomic E-state index is 0.0239. The van der Waals surface area contributed by atoms with Crippen LogP contribution in [0.4, 0.5) is 0 Å². The van der Waals surface area contributed by atoms with E-state index in [0.717, 1.165) is 5.75 Å². The minimum Gasteiger partial charge on any atom is -0.492 e. The average Bonchev–Trinajstić information content (AvgIpc) is 3.16. The van der Waals surface area contributed by atoms with Crippen molar-refractivity contribution in [2.75, 3.05) is 13.2 Å². The topological polar surface area (TPSA) is 41.5 Å². The summed E-state index contributed by atoms with van der Waals surface area (Å²) in [6.45, 7) is 9.28. The second-order valence-corrected chi connectivity index (χ2v) is 6.88. The lowest BCUT2D eigenvalue weighted by Crippen LogP contribution is -2.39. The monoisotopic (exact) mass is 277 g/mol. The number of rotatable bonds is 6. The second-order valence-electron chi connectivity index (χ2n) is 6.88. The maximum absolute atomic E-state index is 9.42. The number of aryl methyl sites for hydroxylation is 1. The molecule has 0 heterocycles. The van der Waals surface area contributed by atoms with Crippen molar-refractivity contribution in [1.29, 1.82) is 0 Å². The molecule has 3 nitrogen and oxygen atoms in total. The summed E-state index contributed by atoms with van der Waals surface area (Å²) in [5, 5.41) is 12.8. The third-order valence-electron chi connectivity index (χ3n) is 3.65. The highest BCUT2D eigenvalue weighted by atomic mass is 16.5. The van der Waals surface area contributed by atoms with Gasteiger partial charge in [0.2, 0.25) is 0 Å². The van der Waals surface area contributed by atoms with Crippen LogP contribution in [0.3, 0.4) is 0 Å². The fourth-order valence-corrected chi connectivity index (χ4v) is 2.30. The Morgan fingerprint density at radius 3 is 2.60 bits per heavy atom. The molecule has 1 aliphatic rings. The van der Waals surface area contributed by atoms with Crippen LogP contribution in [0, 0.1) is 6.92 Å². The maximum Gasteiger partial charge on any atom is 0.123 e. The first-order valence-corrected chi connectivity index (χ1v) is 7.51. The molecule has 0 aromatic heterocycles. The Kier molecular flexibility index (Phi) is 4.71. The molecule has 1 saturated carbocycles. The molecule has 1 fully saturated rings. The van der Waals surface area contributed by atoms with E-state index in [2.05, 4.69) is 51.2 Å². The zero-order valence-corrected chi connectivity index (χ0v) is 13.1. The van der Waals surface area contributed by atoms with E-state index in [1.165, 1.54) is 24.0 Å². The molecule has 1 aliphatic carbocycles. The lowest BCUT2D eigenvalue weighted by molar-refractivity contribution is 0.180. The molecule has 20 heavy (non-hydrogen) atoms. The van der Waals surface area contributed by atoms with Gasteiger partial charge in [-0.3, -0.25) is 0 Å². The summed E-state index contributed by atoms with van der Waals surface area (Å²) < 4.78 is 6.00. The van der Waals surface area contributed by atoms with Gasteiger partial charge in [0.25, 0.3) is 0 Å². The summed E-state index contributed by atoms with van der Waals surface area (Å²) in [7, 11) is 0. The van der Waals surface area contributed by atoms with Gasteiger partial charge in [-0.25, -0.2) is 0 Å². The van der Waals surface area contributed by atoms with Crippen LogP contribution in [-0.4, -0.2) is 30.4 Å². The summed E-state index contributed by atoms with van der Waals surface area (Å²) in [4.78, 5) is 0. The van der Waals surface area contributed by atoms with E-state index in [4.69, 9.17) is 4.74 Å². The van der Waals surface area contributed by atoms with Crippen molar-refractivity contribution in [3.8, 4) is 5.75 Å². The number of hydrogen-bond acceptors (Lipinski definition) is 3. The van der Waals surface area contributed by atoms with Gasteiger partial charge < -0.3 is 15.2 Å². The molecule has 1 aromatic carbocycles. The normalized spacial score (nSPS) is 17.1. The molecule has 112 valence electrons. The van der Waals surface area contributed by atoms with Crippen LogP contribution in [0.2, 0.25) is 0 Å². The Bertz CT molecular complexity index is 447. The smallest absolute Gasteiger partial charge is 0.123 e. The van der Waals surface area contributed by atoms with Gasteiger partial charge in [0.05, 0.1) is 12.6 Å². The maximum atomic E-state index is 9.42. The molecule has 0 radical (unpaired) electrons. The second kappa shape index (κ2) is 6.15. The molecule has 0 saturated heterocycles. The standard InChI is InChI=1S/C17H27NO2/c1-12-5-8-15(17(2,3)4)16(9-12)20-11-14(10-19)18-13-6-7-13/h5,8-9,13-14,18-19H,6-7,10-11H2,1-4H3. The van der Waals surface area contributed by atoms with Crippen LogP contribution in [0.25, 0.3) is 0 Å². The van der Waals surface area contributed by atoms with Crippen molar-refractivity contribution in [3.63, 3.8) is 0 Å². The first-order chi connectivity index (χ1) is 9.40. The van der Waals surface area contributed by atoms with Crippen LogP contribution in [0.5, 0.6) is 5.75 Å². The number of aliphatic hydroxyl groups is 1. The molecule has 2 rings (SSSR count). The van der Waals surface area contributed by atoms with Gasteiger partial charge in [-0.2, -0.15) is 0 Å². The van der Waals surface area contributed by atoms with Gasteiger partial charge >= 0.3 is 0 Å². The van der Waals surface area contributed by atoms with Crippen molar-refractivity contribution in [3.05, 3.63) is 29.3 Å². The Labute approximate surface area is 122 Å². The summed E-state index contributed by atoms with van der Waals surface area (Å²) in [6.07, 6.45) is 2.43. The third kappa shape index (κ3) is 4.22. The van der Waals surface area contributed by atoms with E-state index in [-0.39, 0.29) is 18.1 Å². The first-order valence-electron chi connectivity index (χ1n) is 7.51. The van der Waals surface area contributed by atoms with E-state index < -0.39 is 0 Å². The molecule has 1 aromatic rings. The largest absolute Gasteiger partial charge is 0.492 e. The zero-order chi connectivity index (χ0) is 14.8. The fraction of sp³-hybridized carbons (Fsp3) is 0.647. The van der Waals surface area contributed by atoms with E-state index in [9.17, 15) is 5.11 Å². The van der Waals surface area contributed by atoms with Crippen molar-refractivity contribution >= 4 is 0 Å². The molecule has 0 bridgehead atoms. The van der Waals surface area contributed by atoms with Crippen molar-refractivity contribution in [2.24, 2.45) is 0 Å². The number of ether oxygens (including phenoxy) is 1. The summed E-state index contributed by atoms with van der Waals surface area (Å²) in [6, 6.07) is 6.96. The van der Waals surface area contributed by atoms with Gasteiger partial charge in [-0.1, -0.05) is 32.9 Å². The molecule has 2 N–H and O–H groups in total. The quantitative estimate of drug-likeness (QED) is 0.840. The third-order valence-corrected chi connectivity index (χ3v) is 3.65. The first kappa shape index (κ1) is 15.3. The average molecular weight is 277 g/mol. The van der Waals surface area contributed by atoms with Crippen LogP contribution in [-0.2, 0) is 5.41 Å². The van der Waals surface area contributed by atoms with Gasteiger partial charge in [-0.05, 0) is 42.4 Å². The molecule has 1 atom stereocenters. The Morgan fingerprint density at radius 1 is 1.35 bits per heavy atom. The molecule has 0 aliphatic heterocycles. The molecule has 0 amide bonds. The Balaban J connectivity index is 2.05. The van der Waals surface area contributed by atoms with Crippen molar-refractivity contribution < 1.29 is 9.84 Å². The van der Waals surface area contributed by atoms with Gasteiger partial charge in [0.1, 0.15) is 12.4 Å². The van der Waals surface area contributed by atoms with E-state index in [1.807, 2.05) is 0 Å². The zero-order valence-electron chi connectivity index (χ0n) is 13.1. The van der Waals surface area contributed by atoms with Crippen molar-refractivity contribution in [2.45, 2.75) is 58.0 Å². The molecule has 3 heteroatoms. The highest BCUT2D eigenvalue weighted by Gasteiger charge is 2.25. The minimum atomic E-state index is 0.0239. The predicted molar refractivity (Wildman–Crippen MR) is 82.4 cm³/mol. The Morgan fingerprint density at radius 2 is 2.05 bits per heavy atom. The number of nitrogens with one attached hydrogen (secondary N) is 1. The van der Waals surface area contributed by atoms with E-state index >= 15 is 0 Å². The Hall–Kier alpha value is -1.06. The summed E-state index contributed by atoms with van der Waals surface area (Å²) >= 11 is 0. The van der Waals surface area contributed by atoms with Crippen LogP contribution in [0.15, 0.2) is 18.2 Å². The molecular formula is C17H27NO2. The molecular weight excluding hydrogens is 250 g/mol. The van der Waals surface area contributed by atoms with E-state index in [1.54, 1.807) is 0 Å². The summed E-state index contributed by atoms with van der Waals surface area (Å²) in [5.41, 5.74) is 2.47. The van der Waals surface area contributed by atoms with E-state index in [0.29, 0.717) is 12.6 Å². The van der Waals surface area contributed by atoms with Gasteiger partial charge in [0, 0.05) is 6.04 Å².